The first kappa shape index (κ1) is 12.6. The minimum absolute atomic E-state index is 0.710. The van der Waals surface area contributed by atoms with Gasteiger partial charge in [-0.15, -0.1) is 0 Å². The second-order valence-corrected chi connectivity index (χ2v) is 5.50. The van der Waals surface area contributed by atoms with Crippen LogP contribution in [0.3, 0.4) is 0 Å². The number of hydrogen-bond donors (Lipinski definition) is 0. The fourth-order valence-corrected chi connectivity index (χ4v) is 3.33. The maximum Gasteiger partial charge on any atom is 0.0466 e. The van der Waals surface area contributed by atoms with Gasteiger partial charge in [0, 0.05) is 17.8 Å². The van der Waals surface area contributed by atoms with Crippen molar-refractivity contribution in [1.29, 1.82) is 0 Å². The fourth-order valence-electron chi connectivity index (χ4n) is 3.33. The standard InChI is InChI=1S/C16H25N/c1-3-8-15(14-10-5-4-6-11-14)16-13(2)9-7-12-17-16/h7,9,12,14-15H,3-6,8,10-11H2,1-2H3. The maximum absolute atomic E-state index is 4.67. The summed E-state index contributed by atoms with van der Waals surface area (Å²) in [7, 11) is 0. The average Bonchev–Trinajstić information content (AvgIpc) is 2.38. The van der Waals surface area contributed by atoms with Crippen LogP contribution in [0.2, 0.25) is 0 Å². The summed E-state index contributed by atoms with van der Waals surface area (Å²) >= 11 is 0. The number of rotatable bonds is 4. The van der Waals surface area contributed by atoms with Gasteiger partial charge in [-0.1, -0.05) is 38.7 Å². The third kappa shape index (κ3) is 3.08. The first-order valence-electron chi connectivity index (χ1n) is 7.24. The molecule has 0 aromatic carbocycles. The van der Waals surface area contributed by atoms with Gasteiger partial charge in [-0.05, 0) is 43.7 Å². The normalized spacial score (nSPS) is 19.2. The quantitative estimate of drug-likeness (QED) is 0.721. The van der Waals surface area contributed by atoms with Crippen molar-refractivity contribution in [3.63, 3.8) is 0 Å². The van der Waals surface area contributed by atoms with Crippen LogP contribution >= 0.6 is 0 Å². The Balaban J connectivity index is 2.18. The molecular weight excluding hydrogens is 206 g/mol. The summed E-state index contributed by atoms with van der Waals surface area (Å²) in [5, 5.41) is 0. The first-order valence-corrected chi connectivity index (χ1v) is 7.24. The Morgan fingerprint density at radius 1 is 1.29 bits per heavy atom. The van der Waals surface area contributed by atoms with E-state index >= 15 is 0 Å². The monoisotopic (exact) mass is 231 g/mol. The van der Waals surface area contributed by atoms with E-state index in [1.54, 1.807) is 0 Å². The predicted molar refractivity (Wildman–Crippen MR) is 73.2 cm³/mol. The topological polar surface area (TPSA) is 12.9 Å². The van der Waals surface area contributed by atoms with E-state index in [-0.39, 0.29) is 0 Å². The molecule has 1 aliphatic carbocycles. The van der Waals surface area contributed by atoms with Crippen LogP contribution in [0.1, 0.15) is 69.0 Å². The summed E-state index contributed by atoms with van der Waals surface area (Å²) in [6.45, 7) is 4.52. The van der Waals surface area contributed by atoms with Crippen LogP contribution in [-0.4, -0.2) is 4.98 Å². The molecule has 1 atom stereocenters. The van der Waals surface area contributed by atoms with Crippen LogP contribution in [-0.2, 0) is 0 Å². The van der Waals surface area contributed by atoms with E-state index in [4.69, 9.17) is 0 Å². The van der Waals surface area contributed by atoms with Crippen molar-refractivity contribution >= 4 is 0 Å². The predicted octanol–water partition coefficient (Wildman–Crippen LogP) is 4.85. The van der Waals surface area contributed by atoms with Crippen LogP contribution in [0.4, 0.5) is 0 Å². The SMILES string of the molecule is CCCC(c1ncccc1C)C1CCCCC1. The Kier molecular flexibility index (Phi) is 4.58. The Morgan fingerprint density at radius 3 is 2.71 bits per heavy atom. The lowest BCUT2D eigenvalue weighted by molar-refractivity contribution is 0.288. The fraction of sp³-hybridized carbons (Fsp3) is 0.688. The van der Waals surface area contributed by atoms with E-state index in [0.717, 1.165) is 5.92 Å². The molecule has 1 heterocycles. The summed E-state index contributed by atoms with van der Waals surface area (Å²) in [5.74, 6) is 1.60. The van der Waals surface area contributed by atoms with Gasteiger partial charge in [-0.3, -0.25) is 4.98 Å². The van der Waals surface area contributed by atoms with Gasteiger partial charge in [-0.2, -0.15) is 0 Å². The van der Waals surface area contributed by atoms with Gasteiger partial charge < -0.3 is 0 Å². The largest absolute Gasteiger partial charge is 0.261 e. The van der Waals surface area contributed by atoms with Crippen LogP contribution in [0.5, 0.6) is 0 Å². The Bertz CT molecular complexity index is 339. The second-order valence-electron chi connectivity index (χ2n) is 5.50. The first-order chi connectivity index (χ1) is 8.33. The molecule has 1 aromatic heterocycles. The third-order valence-corrected chi connectivity index (χ3v) is 4.22. The Labute approximate surface area is 106 Å². The number of nitrogens with zero attached hydrogens (tertiary/aromatic N) is 1. The lowest BCUT2D eigenvalue weighted by atomic mass is 9.75. The lowest BCUT2D eigenvalue weighted by Crippen LogP contribution is -2.18. The summed E-state index contributed by atoms with van der Waals surface area (Å²) in [4.78, 5) is 4.67. The number of aryl methyl sites for hydroxylation is 1. The summed E-state index contributed by atoms with van der Waals surface area (Å²) in [6, 6.07) is 4.27. The highest BCUT2D eigenvalue weighted by Crippen LogP contribution is 2.38. The van der Waals surface area contributed by atoms with Crippen molar-refractivity contribution < 1.29 is 0 Å². The van der Waals surface area contributed by atoms with Crippen molar-refractivity contribution in [3.8, 4) is 0 Å². The maximum atomic E-state index is 4.67. The van der Waals surface area contributed by atoms with Gasteiger partial charge in [0.1, 0.15) is 0 Å². The molecule has 1 heteroatoms. The number of aromatic nitrogens is 1. The molecule has 1 unspecified atom stereocenters. The lowest BCUT2D eigenvalue weighted by Gasteiger charge is -2.30. The molecule has 1 aromatic rings. The van der Waals surface area contributed by atoms with E-state index in [2.05, 4.69) is 31.0 Å². The van der Waals surface area contributed by atoms with Gasteiger partial charge in [-0.25, -0.2) is 0 Å². The van der Waals surface area contributed by atoms with Crippen molar-refractivity contribution in [1.82, 2.24) is 4.98 Å². The number of hydrogen-bond acceptors (Lipinski definition) is 1. The highest BCUT2D eigenvalue weighted by molar-refractivity contribution is 5.22. The van der Waals surface area contributed by atoms with E-state index in [1.165, 1.54) is 56.2 Å². The molecule has 1 fully saturated rings. The Morgan fingerprint density at radius 2 is 2.06 bits per heavy atom. The molecule has 2 rings (SSSR count). The molecule has 0 spiro atoms. The molecule has 0 saturated heterocycles. The zero-order chi connectivity index (χ0) is 12.1. The average molecular weight is 231 g/mol. The highest BCUT2D eigenvalue weighted by Gasteiger charge is 2.26. The molecule has 0 bridgehead atoms. The summed E-state index contributed by atoms with van der Waals surface area (Å²) in [5.41, 5.74) is 2.76. The van der Waals surface area contributed by atoms with E-state index < -0.39 is 0 Å². The molecule has 0 N–H and O–H groups in total. The highest BCUT2D eigenvalue weighted by atomic mass is 14.7. The number of pyridine rings is 1. The van der Waals surface area contributed by atoms with E-state index in [0.29, 0.717) is 5.92 Å². The third-order valence-electron chi connectivity index (χ3n) is 4.22. The summed E-state index contributed by atoms with van der Waals surface area (Å²) in [6.07, 6.45) is 11.7. The molecule has 0 amide bonds. The van der Waals surface area contributed by atoms with Crippen LogP contribution in [0.25, 0.3) is 0 Å². The molecule has 0 aliphatic heterocycles. The van der Waals surface area contributed by atoms with Gasteiger partial charge in [0.25, 0.3) is 0 Å². The summed E-state index contributed by atoms with van der Waals surface area (Å²) < 4.78 is 0. The van der Waals surface area contributed by atoms with Crippen LogP contribution < -0.4 is 0 Å². The molecule has 94 valence electrons. The van der Waals surface area contributed by atoms with Crippen LogP contribution in [0.15, 0.2) is 18.3 Å². The zero-order valence-corrected chi connectivity index (χ0v) is 11.3. The molecule has 1 aliphatic rings. The van der Waals surface area contributed by atoms with Crippen LogP contribution in [0, 0.1) is 12.8 Å². The van der Waals surface area contributed by atoms with Gasteiger partial charge in [0.05, 0.1) is 0 Å². The van der Waals surface area contributed by atoms with E-state index in [9.17, 15) is 0 Å². The van der Waals surface area contributed by atoms with Gasteiger partial charge >= 0.3 is 0 Å². The van der Waals surface area contributed by atoms with E-state index in [1.807, 2.05) is 6.20 Å². The minimum atomic E-state index is 0.710. The molecule has 1 nitrogen and oxygen atoms in total. The van der Waals surface area contributed by atoms with Crippen molar-refractivity contribution in [2.24, 2.45) is 5.92 Å². The molecule has 17 heavy (non-hydrogen) atoms. The zero-order valence-electron chi connectivity index (χ0n) is 11.3. The molecular formula is C16H25N. The van der Waals surface area contributed by atoms with Crippen molar-refractivity contribution in [3.05, 3.63) is 29.6 Å². The van der Waals surface area contributed by atoms with Crippen molar-refractivity contribution in [2.75, 3.05) is 0 Å². The van der Waals surface area contributed by atoms with Gasteiger partial charge in [0.2, 0.25) is 0 Å². The van der Waals surface area contributed by atoms with Gasteiger partial charge in [0.15, 0.2) is 0 Å². The molecule has 1 saturated carbocycles. The Hall–Kier alpha value is -0.850. The second kappa shape index (κ2) is 6.18. The molecule has 0 radical (unpaired) electrons. The minimum Gasteiger partial charge on any atom is -0.261 e. The van der Waals surface area contributed by atoms with Crippen molar-refractivity contribution in [2.45, 2.75) is 64.7 Å². The smallest absolute Gasteiger partial charge is 0.0466 e.